The highest BCUT2D eigenvalue weighted by Crippen LogP contribution is 2.22. The number of hydrogen-bond acceptors (Lipinski definition) is 3. The third kappa shape index (κ3) is 1.91. The van der Waals surface area contributed by atoms with Crippen LogP contribution in [0.4, 0.5) is 0 Å². The highest BCUT2D eigenvalue weighted by Gasteiger charge is 2.23. The molecule has 1 aliphatic carbocycles. The number of ketones is 1. The fourth-order valence-electron chi connectivity index (χ4n) is 1.83. The largest absolute Gasteiger partial charge is 0.382 e. The summed E-state index contributed by atoms with van der Waals surface area (Å²) in [6, 6.07) is 0. The van der Waals surface area contributed by atoms with Gasteiger partial charge in [-0.15, -0.1) is 0 Å². The first kappa shape index (κ1) is 10.7. The fourth-order valence-corrected chi connectivity index (χ4v) is 1.83. The second-order valence-corrected chi connectivity index (χ2v) is 3.79. The number of fused-ring (bicyclic) bond motifs is 1. The zero-order chi connectivity index (χ0) is 11.5. The molecule has 0 fully saturated rings. The van der Waals surface area contributed by atoms with Crippen LogP contribution in [-0.2, 0) is 9.59 Å². The van der Waals surface area contributed by atoms with Gasteiger partial charge in [0.2, 0.25) is 5.91 Å². The van der Waals surface area contributed by atoms with E-state index in [0.717, 1.165) is 12.0 Å². The summed E-state index contributed by atoms with van der Waals surface area (Å²) in [4.78, 5) is 24.8. The molecule has 1 heterocycles. The van der Waals surface area contributed by atoms with E-state index in [1.54, 1.807) is 17.2 Å². The minimum absolute atomic E-state index is 0.00227. The number of carbonyl (C=O) groups is 2. The van der Waals surface area contributed by atoms with Gasteiger partial charge in [0, 0.05) is 24.4 Å². The van der Waals surface area contributed by atoms with Crippen molar-refractivity contribution in [3.63, 3.8) is 0 Å². The Morgan fingerprint density at radius 1 is 1.38 bits per heavy atom. The number of hydrogen-bond donors (Lipinski definition) is 1. The lowest BCUT2D eigenvalue weighted by atomic mass is 10.0. The monoisotopic (exact) mass is 218 g/mol. The first-order valence-corrected chi connectivity index (χ1v) is 5.40. The van der Waals surface area contributed by atoms with Gasteiger partial charge in [0.25, 0.3) is 0 Å². The van der Waals surface area contributed by atoms with Crippen LogP contribution in [0.2, 0.25) is 0 Å². The van der Waals surface area contributed by atoms with Crippen molar-refractivity contribution in [1.29, 1.82) is 0 Å². The summed E-state index contributed by atoms with van der Waals surface area (Å²) in [5.74, 6) is -0.0644. The predicted molar refractivity (Wildman–Crippen MR) is 60.3 cm³/mol. The van der Waals surface area contributed by atoms with Crippen molar-refractivity contribution in [1.82, 2.24) is 10.2 Å². The average Bonchev–Trinajstić information content (AvgIpc) is 2.41. The van der Waals surface area contributed by atoms with Crippen molar-refractivity contribution in [2.45, 2.75) is 13.3 Å². The number of carbonyl (C=O) groups excluding carboxylic acids is 2. The lowest BCUT2D eigenvalue weighted by molar-refractivity contribution is -0.127. The van der Waals surface area contributed by atoms with E-state index in [9.17, 15) is 9.59 Å². The minimum Gasteiger partial charge on any atom is -0.382 e. The Hall–Kier alpha value is -1.84. The smallest absolute Gasteiger partial charge is 0.246 e. The molecule has 1 N–H and O–H groups in total. The Balaban J connectivity index is 2.38. The van der Waals surface area contributed by atoms with Crippen LogP contribution in [0, 0.1) is 0 Å². The molecule has 0 unspecified atom stereocenters. The second-order valence-electron chi connectivity index (χ2n) is 3.79. The standard InChI is InChI=1S/C12H14N2O2/c1-2-5-14-11-6-10(15)4-3-9(11)7-13-8-12(14)16/h3-4,6-7,13H,2,5,8H2,1H3. The number of nitrogens with zero attached hydrogens (tertiary/aromatic N) is 1. The summed E-state index contributed by atoms with van der Waals surface area (Å²) in [6.45, 7) is 2.93. The van der Waals surface area contributed by atoms with Crippen LogP contribution >= 0.6 is 0 Å². The Morgan fingerprint density at radius 3 is 2.94 bits per heavy atom. The molecule has 0 aromatic heterocycles. The predicted octanol–water partition coefficient (Wildman–Crippen LogP) is 0.735. The van der Waals surface area contributed by atoms with Gasteiger partial charge < -0.3 is 10.2 Å². The first-order chi connectivity index (χ1) is 7.72. The van der Waals surface area contributed by atoms with Gasteiger partial charge in [-0.05, 0) is 18.6 Å². The van der Waals surface area contributed by atoms with E-state index in [1.165, 1.54) is 12.2 Å². The summed E-state index contributed by atoms with van der Waals surface area (Å²) in [6.07, 6.45) is 7.42. The van der Waals surface area contributed by atoms with Crippen LogP contribution in [0.1, 0.15) is 13.3 Å². The van der Waals surface area contributed by atoms with Gasteiger partial charge in [-0.25, -0.2) is 0 Å². The van der Waals surface area contributed by atoms with Gasteiger partial charge in [0.05, 0.1) is 12.2 Å². The molecule has 0 radical (unpaired) electrons. The molecule has 0 atom stereocenters. The molecule has 1 aliphatic heterocycles. The van der Waals surface area contributed by atoms with Crippen molar-refractivity contribution in [3.8, 4) is 0 Å². The van der Waals surface area contributed by atoms with Gasteiger partial charge in [0.1, 0.15) is 0 Å². The van der Waals surface area contributed by atoms with Crippen molar-refractivity contribution in [2.24, 2.45) is 0 Å². The molecule has 2 aliphatic rings. The molecule has 84 valence electrons. The molecule has 4 nitrogen and oxygen atoms in total. The second kappa shape index (κ2) is 4.35. The molecule has 0 spiro atoms. The van der Waals surface area contributed by atoms with Crippen LogP contribution in [0.5, 0.6) is 0 Å². The van der Waals surface area contributed by atoms with Gasteiger partial charge in [-0.3, -0.25) is 9.59 Å². The normalized spacial score (nSPS) is 19.7. The molecule has 0 bridgehead atoms. The van der Waals surface area contributed by atoms with E-state index in [1.807, 2.05) is 6.92 Å². The Kier molecular flexibility index (Phi) is 2.90. The summed E-state index contributed by atoms with van der Waals surface area (Å²) in [5.41, 5.74) is 1.60. The maximum atomic E-state index is 11.8. The molecule has 0 saturated heterocycles. The van der Waals surface area contributed by atoms with Crippen LogP contribution in [0.15, 0.2) is 35.7 Å². The molecule has 1 amide bonds. The Morgan fingerprint density at radius 2 is 2.19 bits per heavy atom. The van der Waals surface area contributed by atoms with Crippen molar-refractivity contribution >= 4 is 11.7 Å². The average molecular weight is 218 g/mol. The van der Waals surface area contributed by atoms with Crippen LogP contribution in [-0.4, -0.2) is 29.7 Å². The fraction of sp³-hybridized carbons (Fsp3) is 0.333. The van der Waals surface area contributed by atoms with Crippen LogP contribution in [0.25, 0.3) is 0 Å². The van der Waals surface area contributed by atoms with Gasteiger partial charge in [0.15, 0.2) is 5.78 Å². The molecule has 0 saturated carbocycles. The number of rotatable bonds is 2. The van der Waals surface area contributed by atoms with E-state index < -0.39 is 0 Å². The summed E-state index contributed by atoms with van der Waals surface area (Å²) >= 11 is 0. The van der Waals surface area contributed by atoms with E-state index in [0.29, 0.717) is 12.2 Å². The molecule has 16 heavy (non-hydrogen) atoms. The third-order valence-corrected chi connectivity index (χ3v) is 2.55. The SMILES string of the molecule is CCCN1C(=O)CNC=C2C=CC(=O)C=C21. The van der Waals surface area contributed by atoms with Gasteiger partial charge in [-0.2, -0.15) is 0 Å². The third-order valence-electron chi connectivity index (χ3n) is 2.55. The van der Waals surface area contributed by atoms with E-state index >= 15 is 0 Å². The number of nitrogens with one attached hydrogen (secondary N) is 1. The zero-order valence-electron chi connectivity index (χ0n) is 9.19. The van der Waals surface area contributed by atoms with Crippen molar-refractivity contribution in [2.75, 3.05) is 13.1 Å². The maximum absolute atomic E-state index is 11.8. The Bertz CT molecular complexity index is 419. The zero-order valence-corrected chi connectivity index (χ0v) is 9.19. The molecule has 0 aromatic carbocycles. The van der Waals surface area contributed by atoms with Gasteiger partial charge in [-0.1, -0.05) is 6.92 Å². The highest BCUT2D eigenvalue weighted by molar-refractivity contribution is 6.03. The molecule has 4 heteroatoms. The van der Waals surface area contributed by atoms with E-state index in [2.05, 4.69) is 5.32 Å². The lowest BCUT2D eigenvalue weighted by Gasteiger charge is -2.24. The first-order valence-electron chi connectivity index (χ1n) is 5.40. The van der Waals surface area contributed by atoms with E-state index in [-0.39, 0.29) is 18.2 Å². The van der Waals surface area contributed by atoms with E-state index in [4.69, 9.17) is 0 Å². The molecular formula is C12H14N2O2. The highest BCUT2D eigenvalue weighted by atomic mass is 16.2. The quantitative estimate of drug-likeness (QED) is 0.743. The molecule has 0 aromatic rings. The lowest BCUT2D eigenvalue weighted by Crippen LogP contribution is -2.35. The summed E-state index contributed by atoms with van der Waals surface area (Å²) in [5, 5.41) is 2.94. The van der Waals surface area contributed by atoms with Crippen molar-refractivity contribution in [3.05, 3.63) is 35.7 Å². The molecular weight excluding hydrogens is 204 g/mol. The topological polar surface area (TPSA) is 49.4 Å². The van der Waals surface area contributed by atoms with Crippen LogP contribution < -0.4 is 5.32 Å². The number of allylic oxidation sites excluding steroid dienone is 3. The summed E-state index contributed by atoms with van der Waals surface area (Å²) < 4.78 is 0. The van der Waals surface area contributed by atoms with Gasteiger partial charge >= 0.3 is 0 Å². The summed E-state index contributed by atoms with van der Waals surface area (Å²) in [7, 11) is 0. The maximum Gasteiger partial charge on any atom is 0.246 e. The Labute approximate surface area is 94.3 Å². The molecule has 2 rings (SSSR count). The van der Waals surface area contributed by atoms with Crippen molar-refractivity contribution < 1.29 is 9.59 Å². The number of amides is 1. The van der Waals surface area contributed by atoms with Crippen LogP contribution in [0.3, 0.4) is 0 Å². The minimum atomic E-state index is -0.0667.